The number of benzene rings is 1. The van der Waals surface area contributed by atoms with E-state index in [4.69, 9.17) is 5.26 Å². The maximum absolute atomic E-state index is 9.14. The van der Waals surface area contributed by atoms with Crippen molar-refractivity contribution in [3.8, 4) is 6.07 Å². The van der Waals surface area contributed by atoms with Crippen LogP contribution in [0.25, 0.3) is 10.9 Å². The normalized spacial score (nSPS) is 12.1. The molecule has 4 nitrogen and oxygen atoms in total. The minimum absolute atomic E-state index is 0.296. The molecule has 0 bridgehead atoms. The first-order valence-electron chi connectivity index (χ1n) is 6.09. The molecule has 0 aliphatic carbocycles. The number of hydrogen-bond donors (Lipinski definition) is 1. The summed E-state index contributed by atoms with van der Waals surface area (Å²) >= 11 is 0. The number of aryl methyl sites for hydroxylation is 1. The van der Waals surface area contributed by atoms with Gasteiger partial charge in [0.05, 0.1) is 11.2 Å². The fourth-order valence-corrected chi connectivity index (χ4v) is 1.79. The van der Waals surface area contributed by atoms with Gasteiger partial charge in [0, 0.05) is 11.4 Å². The first-order chi connectivity index (χ1) is 8.65. The van der Waals surface area contributed by atoms with Crippen LogP contribution in [-0.4, -0.2) is 16.2 Å². The standard InChI is InChI=1S/C14H16N4/c1-4-10(3)16-14-11-7-9(2)5-6-12(11)17-18-13(14)8-15/h5-7,10H,4H2,1-3H3,(H,16,17). The van der Waals surface area contributed by atoms with E-state index in [9.17, 15) is 0 Å². The zero-order valence-electron chi connectivity index (χ0n) is 10.9. The molecule has 0 spiro atoms. The molecule has 1 N–H and O–H groups in total. The number of anilines is 1. The van der Waals surface area contributed by atoms with E-state index in [1.807, 2.05) is 25.1 Å². The van der Waals surface area contributed by atoms with E-state index in [1.54, 1.807) is 0 Å². The maximum atomic E-state index is 9.14. The van der Waals surface area contributed by atoms with Crippen LogP contribution in [0.4, 0.5) is 5.69 Å². The third kappa shape index (κ3) is 2.25. The van der Waals surface area contributed by atoms with Crippen LogP contribution in [0.1, 0.15) is 31.5 Å². The summed E-state index contributed by atoms with van der Waals surface area (Å²) in [4.78, 5) is 0. The molecule has 92 valence electrons. The van der Waals surface area contributed by atoms with Gasteiger partial charge in [0.15, 0.2) is 5.69 Å². The van der Waals surface area contributed by atoms with E-state index < -0.39 is 0 Å². The van der Waals surface area contributed by atoms with E-state index in [-0.39, 0.29) is 0 Å². The fraction of sp³-hybridized carbons (Fsp3) is 0.357. The molecule has 2 aromatic rings. The molecule has 0 radical (unpaired) electrons. The smallest absolute Gasteiger partial charge is 0.186 e. The molecule has 4 heteroatoms. The minimum atomic E-state index is 0.296. The van der Waals surface area contributed by atoms with Crippen molar-refractivity contribution in [1.82, 2.24) is 10.2 Å². The molecular weight excluding hydrogens is 224 g/mol. The average molecular weight is 240 g/mol. The third-order valence-corrected chi connectivity index (χ3v) is 3.02. The molecule has 0 fully saturated rings. The highest BCUT2D eigenvalue weighted by atomic mass is 15.1. The van der Waals surface area contributed by atoms with E-state index in [0.29, 0.717) is 11.7 Å². The van der Waals surface area contributed by atoms with Crippen LogP contribution in [-0.2, 0) is 0 Å². The maximum Gasteiger partial charge on any atom is 0.186 e. The van der Waals surface area contributed by atoms with Gasteiger partial charge in [-0.1, -0.05) is 18.6 Å². The van der Waals surface area contributed by atoms with Crippen molar-refractivity contribution < 1.29 is 0 Å². The largest absolute Gasteiger partial charge is 0.380 e. The second kappa shape index (κ2) is 5.01. The average Bonchev–Trinajstić information content (AvgIpc) is 2.39. The summed E-state index contributed by atoms with van der Waals surface area (Å²) < 4.78 is 0. The van der Waals surface area contributed by atoms with Crippen molar-refractivity contribution in [2.75, 3.05) is 5.32 Å². The second-order valence-corrected chi connectivity index (χ2v) is 4.51. The van der Waals surface area contributed by atoms with Crippen molar-refractivity contribution in [3.63, 3.8) is 0 Å². The van der Waals surface area contributed by atoms with Crippen LogP contribution >= 0.6 is 0 Å². The molecule has 1 heterocycles. The number of nitrogens with one attached hydrogen (secondary N) is 1. The molecule has 0 amide bonds. The van der Waals surface area contributed by atoms with Crippen LogP contribution in [0.5, 0.6) is 0 Å². The predicted molar refractivity (Wildman–Crippen MR) is 72.4 cm³/mol. The van der Waals surface area contributed by atoms with Gasteiger partial charge in [-0.2, -0.15) is 5.26 Å². The van der Waals surface area contributed by atoms with Crippen molar-refractivity contribution >= 4 is 16.6 Å². The van der Waals surface area contributed by atoms with Gasteiger partial charge < -0.3 is 5.32 Å². The first-order valence-corrected chi connectivity index (χ1v) is 6.09. The van der Waals surface area contributed by atoms with Crippen LogP contribution < -0.4 is 5.32 Å². The Morgan fingerprint density at radius 3 is 2.83 bits per heavy atom. The van der Waals surface area contributed by atoms with Crippen LogP contribution in [0.15, 0.2) is 18.2 Å². The molecule has 1 aromatic heterocycles. The Morgan fingerprint density at radius 1 is 1.39 bits per heavy atom. The van der Waals surface area contributed by atoms with Gasteiger partial charge in [-0.05, 0) is 32.4 Å². The lowest BCUT2D eigenvalue weighted by Crippen LogP contribution is -2.15. The van der Waals surface area contributed by atoms with Gasteiger partial charge >= 0.3 is 0 Å². The summed E-state index contributed by atoms with van der Waals surface area (Å²) in [6.07, 6.45) is 0.987. The number of rotatable bonds is 3. The highest BCUT2D eigenvalue weighted by Gasteiger charge is 2.12. The quantitative estimate of drug-likeness (QED) is 0.895. The summed E-state index contributed by atoms with van der Waals surface area (Å²) in [7, 11) is 0. The zero-order chi connectivity index (χ0) is 13.1. The van der Waals surface area contributed by atoms with Gasteiger partial charge in [-0.25, -0.2) is 0 Å². The first kappa shape index (κ1) is 12.3. The molecule has 0 saturated carbocycles. The molecule has 1 atom stereocenters. The van der Waals surface area contributed by atoms with E-state index in [0.717, 1.165) is 28.6 Å². The van der Waals surface area contributed by atoms with Gasteiger partial charge in [0.25, 0.3) is 0 Å². The Bertz CT molecular complexity index is 613. The van der Waals surface area contributed by atoms with Crippen LogP contribution in [0.3, 0.4) is 0 Å². The van der Waals surface area contributed by atoms with Crippen molar-refractivity contribution in [1.29, 1.82) is 5.26 Å². The lowest BCUT2D eigenvalue weighted by atomic mass is 10.1. The zero-order valence-corrected chi connectivity index (χ0v) is 10.9. The van der Waals surface area contributed by atoms with E-state index in [1.165, 1.54) is 0 Å². The van der Waals surface area contributed by atoms with Gasteiger partial charge in [0.1, 0.15) is 6.07 Å². The summed E-state index contributed by atoms with van der Waals surface area (Å²) in [6, 6.07) is 8.36. The van der Waals surface area contributed by atoms with Gasteiger partial charge in [0.2, 0.25) is 0 Å². The molecule has 0 aliphatic heterocycles. The van der Waals surface area contributed by atoms with E-state index in [2.05, 4.69) is 35.4 Å². The molecule has 1 unspecified atom stereocenters. The van der Waals surface area contributed by atoms with Gasteiger partial charge in [-0.3, -0.25) is 0 Å². The summed E-state index contributed by atoms with van der Waals surface area (Å²) in [5.41, 5.74) is 3.10. The SMILES string of the molecule is CCC(C)Nc1c(C#N)nnc2ccc(C)cc12. The van der Waals surface area contributed by atoms with Crippen molar-refractivity contribution in [2.45, 2.75) is 33.2 Å². The van der Waals surface area contributed by atoms with Gasteiger partial charge in [-0.15, -0.1) is 10.2 Å². The Kier molecular flexibility index (Phi) is 3.42. The number of nitrogens with zero attached hydrogens (tertiary/aromatic N) is 3. The predicted octanol–water partition coefficient (Wildman–Crippen LogP) is 3.02. The van der Waals surface area contributed by atoms with Crippen LogP contribution in [0.2, 0.25) is 0 Å². The molecule has 0 saturated heterocycles. The minimum Gasteiger partial charge on any atom is -0.380 e. The second-order valence-electron chi connectivity index (χ2n) is 4.51. The molecule has 0 aliphatic rings. The summed E-state index contributed by atoms with van der Waals surface area (Å²) in [5.74, 6) is 0. The molecular formula is C14H16N4. The molecule has 18 heavy (non-hydrogen) atoms. The van der Waals surface area contributed by atoms with Crippen molar-refractivity contribution in [2.24, 2.45) is 0 Å². The van der Waals surface area contributed by atoms with E-state index >= 15 is 0 Å². The number of fused-ring (bicyclic) bond motifs is 1. The fourth-order valence-electron chi connectivity index (χ4n) is 1.79. The topological polar surface area (TPSA) is 61.6 Å². The molecule has 1 aromatic carbocycles. The summed E-state index contributed by atoms with van der Waals surface area (Å²) in [6.45, 7) is 6.22. The lowest BCUT2D eigenvalue weighted by molar-refractivity contribution is 0.763. The lowest BCUT2D eigenvalue weighted by Gasteiger charge is -2.15. The Labute approximate surface area is 107 Å². The highest BCUT2D eigenvalue weighted by Crippen LogP contribution is 2.25. The third-order valence-electron chi connectivity index (χ3n) is 3.02. The number of hydrogen-bond acceptors (Lipinski definition) is 4. The Balaban J connectivity index is 2.65. The monoisotopic (exact) mass is 240 g/mol. The van der Waals surface area contributed by atoms with Crippen LogP contribution in [0, 0.1) is 18.3 Å². The molecule has 2 rings (SSSR count). The van der Waals surface area contributed by atoms with Crippen molar-refractivity contribution in [3.05, 3.63) is 29.5 Å². The Hall–Kier alpha value is -2.15. The highest BCUT2D eigenvalue weighted by molar-refractivity contribution is 5.93. The summed E-state index contributed by atoms with van der Waals surface area (Å²) in [5, 5.41) is 21.5. The Morgan fingerprint density at radius 2 is 2.17 bits per heavy atom. The number of nitriles is 1. The number of aromatic nitrogens is 2.